The molecule has 1 aliphatic heterocycles. The summed E-state index contributed by atoms with van der Waals surface area (Å²) in [6.45, 7) is 2.47. The Morgan fingerprint density at radius 1 is 1.16 bits per heavy atom. The number of fused-ring (bicyclic) bond motifs is 1. The zero-order chi connectivity index (χ0) is 17.8. The van der Waals surface area contributed by atoms with Crippen LogP contribution in [0.3, 0.4) is 0 Å². The van der Waals surface area contributed by atoms with Crippen molar-refractivity contribution in [3.8, 4) is 17.2 Å². The third kappa shape index (κ3) is 3.60. The van der Waals surface area contributed by atoms with Crippen molar-refractivity contribution in [2.24, 2.45) is 0 Å². The SMILES string of the molecule is COc1ccc(/C=C/C(=O)N2CC(C)Oc3ccccc32)cc1OC. The topological polar surface area (TPSA) is 48.0 Å². The van der Waals surface area contributed by atoms with Crippen molar-refractivity contribution in [1.29, 1.82) is 0 Å². The summed E-state index contributed by atoms with van der Waals surface area (Å²) in [6, 6.07) is 13.1. The number of benzene rings is 2. The number of carbonyl (C=O) groups is 1. The lowest BCUT2D eigenvalue weighted by Crippen LogP contribution is -2.41. The van der Waals surface area contributed by atoms with E-state index in [0.717, 1.165) is 17.0 Å². The van der Waals surface area contributed by atoms with Crippen molar-refractivity contribution in [3.05, 3.63) is 54.1 Å². The molecular weight excluding hydrogens is 318 g/mol. The third-order valence-electron chi connectivity index (χ3n) is 4.02. The Labute approximate surface area is 147 Å². The summed E-state index contributed by atoms with van der Waals surface area (Å²) in [5, 5.41) is 0. The second kappa shape index (κ2) is 7.30. The molecule has 0 radical (unpaired) electrons. The number of hydrogen-bond acceptors (Lipinski definition) is 4. The molecule has 1 amide bonds. The number of hydrogen-bond donors (Lipinski definition) is 0. The molecule has 5 heteroatoms. The van der Waals surface area contributed by atoms with Crippen LogP contribution < -0.4 is 19.1 Å². The van der Waals surface area contributed by atoms with Gasteiger partial charge in [0.2, 0.25) is 0 Å². The van der Waals surface area contributed by atoms with Gasteiger partial charge in [0, 0.05) is 6.08 Å². The normalized spacial score (nSPS) is 16.3. The number of amides is 1. The summed E-state index contributed by atoms with van der Waals surface area (Å²) < 4.78 is 16.3. The summed E-state index contributed by atoms with van der Waals surface area (Å²) in [5.41, 5.74) is 1.66. The van der Waals surface area contributed by atoms with E-state index in [1.165, 1.54) is 0 Å². The van der Waals surface area contributed by atoms with Gasteiger partial charge in [-0.1, -0.05) is 18.2 Å². The Bertz CT molecular complexity index is 800. The maximum atomic E-state index is 12.7. The summed E-state index contributed by atoms with van der Waals surface area (Å²) in [5.74, 6) is 1.93. The molecule has 25 heavy (non-hydrogen) atoms. The van der Waals surface area contributed by atoms with Crippen LogP contribution in [0.4, 0.5) is 5.69 Å². The minimum Gasteiger partial charge on any atom is -0.493 e. The molecule has 3 rings (SSSR count). The minimum atomic E-state index is -0.0858. The molecule has 1 heterocycles. The summed E-state index contributed by atoms with van der Waals surface area (Å²) in [7, 11) is 3.18. The van der Waals surface area contributed by atoms with Crippen LogP contribution in [0.1, 0.15) is 12.5 Å². The molecule has 0 aromatic heterocycles. The molecule has 1 unspecified atom stereocenters. The molecule has 0 saturated heterocycles. The fourth-order valence-electron chi connectivity index (χ4n) is 2.81. The summed E-state index contributed by atoms with van der Waals surface area (Å²) in [4.78, 5) is 14.4. The standard InChI is InChI=1S/C20H21NO4/c1-14-13-21(16-6-4-5-7-17(16)25-14)20(22)11-9-15-8-10-18(23-2)19(12-15)24-3/h4-12,14H,13H2,1-3H3/b11-9+. The monoisotopic (exact) mass is 339 g/mol. The van der Waals surface area contributed by atoms with Gasteiger partial charge in [-0.15, -0.1) is 0 Å². The maximum absolute atomic E-state index is 12.7. The van der Waals surface area contributed by atoms with Crippen LogP contribution in [0.25, 0.3) is 6.08 Å². The predicted molar refractivity (Wildman–Crippen MR) is 97.5 cm³/mol. The van der Waals surface area contributed by atoms with Gasteiger partial charge in [-0.05, 0) is 42.8 Å². The molecule has 130 valence electrons. The predicted octanol–water partition coefficient (Wildman–Crippen LogP) is 3.53. The van der Waals surface area contributed by atoms with Gasteiger partial charge in [0.05, 0.1) is 26.5 Å². The van der Waals surface area contributed by atoms with Crippen molar-refractivity contribution in [2.75, 3.05) is 25.7 Å². The van der Waals surface area contributed by atoms with E-state index < -0.39 is 0 Å². The zero-order valence-electron chi connectivity index (χ0n) is 14.6. The summed E-state index contributed by atoms with van der Waals surface area (Å²) in [6.07, 6.45) is 3.29. The Hall–Kier alpha value is -2.95. The van der Waals surface area contributed by atoms with E-state index in [9.17, 15) is 4.79 Å². The zero-order valence-corrected chi connectivity index (χ0v) is 14.6. The number of ether oxygens (including phenoxy) is 3. The Kier molecular flexibility index (Phi) is 4.93. The van der Waals surface area contributed by atoms with Gasteiger partial charge in [0.25, 0.3) is 5.91 Å². The van der Waals surface area contributed by atoms with Gasteiger partial charge in [-0.2, -0.15) is 0 Å². The van der Waals surface area contributed by atoms with Crippen LogP contribution in [0, 0.1) is 0 Å². The van der Waals surface area contributed by atoms with E-state index in [0.29, 0.717) is 18.0 Å². The van der Waals surface area contributed by atoms with Gasteiger partial charge in [0.1, 0.15) is 11.9 Å². The molecule has 0 spiro atoms. The first-order valence-electron chi connectivity index (χ1n) is 8.09. The van der Waals surface area contributed by atoms with Gasteiger partial charge in [-0.25, -0.2) is 0 Å². The quantitative estimate of drug-likeness (QED) is 0.800. The summed E-state index contributed by atoms with van der Waals surface area (Å²) >= 11 is 0. The van der Waals surface area contributed by atoms with E-state index in [2.05, 4.69) is 0 Å². The average Bonchev–Trinajstić information content (AvgIpc) is 2.65. The first kappa shape index (κ1) is 16.9. The van der Waals surface area contributed by atoms with Crippen molar-refractivity contribution in [2.45, 2.75) is 13.0 Å². The van der Waals surface area contributed by atoms with Crippen LogP contribution in [0.5, 0.6) is 17.2 Å². The molecule has 0 aliphatic carbocycles. The Balaban J connectivity index is 1.82. The van der Waals surface area contributed by atoms with Crippen LogP contribution in [0.2, 0.25) is 0 Å². The molecule has 5 nitrogen and oxygen atoms in total. The number of rotatable bonds is 4. The molecule has 0 saturated carbocycles. The van der Waals surface area contributed by atoms with E-state index in [1.54, 1.807) is 31.3 Å². The van der Waals surface area contributed by atoms with Gasteiger partial charge in [-0.3, -0.25) is 4.79 Å². The molecule has 0 fully saturated rings. The van der Waals surface area contributed by atoms with E-state index >= 15 is 0 Å². The molecule has 0 N–H and O–H groups in total. The average molecular weight is 339 g/mol. The van der Waals surface area contributed by atoms with Gasteiger partial charge in [0.15, 0.2) is 11.5 Å². The van der Waals surface area contributed by atoms with Crippen molar-refractivity contribution in [3.63, 3.8) is 0 Å². The number of carbonyl (C=O) groups excluding carboxylic acids is 1. The second-order valence-corrected chi connectivity index (χ2v) is 5.79. The molecule has 2 aromatic rings. The lowest BCUT2D eigenvalue weighted by atomic mass is 10.1. The minimum absolute atomic E-state index is 0.0478. The second-order valence-electron chi connectivity index (χ2n) is 5.79. The first-order chi connectivity index (χ1) is 12.1. The fourth-order valence-corrected chi connectivity index (χ4v) is 2.81. The molecule has 0 bridgehead atoms. The first-order valence-corrected chi connectivity index (χ1v) is 8.09. The van der Waals surface area contributed by atoms with E-state index in [-0.39, 0.29) is 12.0 Å². The van der Waals surface area contributed by atoms with E-state index in [4.69, 9.17) is 14.2 Å². The van der Waals surface area contributed by atoms with Crippen LogP contribution in [-0.2, 0) is 4.79 Å². The number of anilines is 1. The molecule has 1 atom stereocenters. The van der Waals surface area contributed by atoms with E-state index in [1.807, 2.05) is 49.4 Å². The highest BCUT2D eigenvalue weighted by atomic mass is 16.5. The van der Waals surface area contributed by atoms with Crippen LogP contribution >= 0.6 is 0 Å². The highest BCUT2D eigenvalue weighted by molar-refractivity contribution is 6.05. The van der Waals surface area contributed by atoms with Crippen molar-refractivity contribution < 1.29 is 19.0 Å². The third-order valence-corrected chi connectivity index (χ3v) is 4.02. The molecule has 2 aromatic carbocycles. The number of methoxy groups -OCH3 is 2. The lowest BCUT2D eigenvalue weighted by Gasteiger charge is -2.32. The molecular formula is C20H21NO4. The highest BCUT2D eigenvalue weighted by Crippen LogP contribution is 2.33. The largest absolute Gasteiger partial charge is 0.493 e. The number of para-hydroxylation sites is 2. The van der Waals surface area contributed by atoms with Crippen LogP contribution in [-0.4, -0.2) is 32.8 Å². The van der Waals surface area contributed by atoms with Crippen molar-refractivity contribution in [1.82, 2.24) is 0 Å². The Morgan fingerprint density at radius 3 is 2.68 bits per heavy atom. The lowest BCUT2D eigenvalue weighted by molar-refractivity contribution is -0.114. The highest BCUT2D eigenvalue weighted by Gasteiger charge is 2.25. The van der Waals surface area contributed by atoms with Crippen LogP contribution in [0.15, 0.2) is 48.5 Å². The van der Waals surface area contributed by atoms with Gasteiger partial charge >= 0.3 is 0 Å². The van der Waals surface area contributed by atoms with Gasteiger partial charge < -0.3 is 19.1 Å². The van der Waals surface area contributed by atoms with Crippen molar-refractivity contribution >= 4 is 17.7 Å². The maximum Gasteiger partial charge on any atom is 0.251 e. The fraction of sp³-hybridized carbons (Fsp3) is 0.250. The Morgan fingerprint density at radius 2 is 1.92 bits per heavy atom. The smallest absolute Gasteiger partial charge is 0.251 e. The number of nitrogens with zero attached hydrogens (tertiary/aromatic N) is 1. The molecule has 1 aliphatic rings.